The van der Waals surface area contributed by atoms with Crippen LogP contribution in [0.2, 0.25) is 0 Å². The van der Waals surface area contributed by atoms with Gasteiger partial charge in [-0.05, 0) is 68.4 Å². The molecule has 2 aromatic carbocycles. The van der Waals surface area contributed by atoms with Gasteiger partial charge in [-0.3, -0.25) is 4.79 Å². The van der Waals surface area contributed by atoms with Crippen molar-refractivity contribution in [2.45, 2.75) is 26.3 Å². The van der Waals surface area contributed by atoms with Crippen LogP contribution >= 0.6 is 0 Å². The number of hydrogen-bond donors (Lipinski definition) is 1. The highest BCUT2D eigenvalue weighted by molar-refractivity contribution is 5.97. The van der Waals surface area contributed by atoms with Crippen LogP contribution in [0.3, 0.4) is 0 Å². The maximum atomic E-state index is 12.3. The van der Waals surface area contributed by atoms with E-state index in [0.29, 0.717) is 0 Å². The molecular weight excluding hydrogens is 415 g/mol. The Morgan fingerprint density at radius 1 is 1.03 bits per heavy atom. The largest absolute Gasteiger partial charge is 0.573 e. The Morgan fingerprint density at radius 2 is 1.68 bits per heavy atom. The normalized spacial score (nSPS) is 12.2. The minimum Gasteiger partial charge on any atom is -0.449 e. The van der Waals surface area contributed by atoms with Crippen LogP contribution in [0.1, 0.15) is 23.0 Å². The molecule has 1 unspecified atom stereocenters. The molecule has 7 nitrogen and oxygen atoms in total. The number of amides is 1. The van der Waals surface area contributed by atoms with Crippen LogP contribution < -0.4 is 10.1 Å². The van der Waals surface area contributed by atoms with E-state index in [4.69, 9.17) is 4.74 Å². The molecule has 0 aliphatic rings. The summed E-state index contributed by atoms with van der Waals surface area (Å²) in [5, 5.41) is 6.64. The molecule has 0 fully saturated rings. The summed E-state index contributed by atoms with van der Waals surface area (Å²) < 4.78 is 47.2. The van der Waals surface area contributed by atoms with Gasteiger partial charge in [0.1, 0.15) is 5.75 Å². The molecule has 3 aromatic rings. The molecule has 3 rings (SSSR count). The first kappa shape index (κ1) is 21.9. The Hall–Kier alpha value is -3.82. The molecule has 1 heterocycles. The number of aryl methyl sites for hydroxylation is 1. The summed E-state index contributed by atoms with van der Waals surface area (Å²) in [4.78, 5) is 24.5. The smallest absolute Gasteiger partial charge is 0.449 e. The molecule has 0 saturated carbocycles. The van der Waals surface area contributed by atoms with Gasteiger partial charge in [0, 0.05) is 17.6 Å². The van der Waals surface area contributed by atoms with Crippen molar-refractivity contribution in [3.8, 4) is 11.4 Å². The summed E-state index contributed by atoms with van der Waals surface area (Å²) in [5.41, 5.74) is 2.17. The predicted octanol–water partition coefficient (Wildman–Crippen LogP) is 4.26. The van der Waals surface area contributed by atoms with Crippen LogP contribution in [0.15, 0.2) is 60.8 Å². The van der Waals surface area contributed by atoms with E-state index in [9.17, 15) is 22.8 Å². The van der Waals surface area contributed by atoms with E-state index >= 15 is 0 Å². The van der Waals surface area contributed by atoms with Gasteiger partial charge in [0.15, 0.2) is 6.10 Å². The van der Waals surface area contributed by atoms with Crippen LogP contribution in [0.4, 0.5) is 18.9 Å². The van der Waals surface area contributed by atoms with Crippen molar-refractivity contribution in [3.05, 3.63) is 72.1 Å². The lowest BCUT2D eigenvalue weighted by molar-refractivity contribution is -0.274. The van der Waals surface area contributed by atoms with Crippen LogP contribution in [0.5, 0.6) is 5.75 Å². The Balaban J connectivity index is 1.56. The van der Waals surface area contributed by atoms with Gasteiger partial charge in [-0.2, -0.15) is 5.10 Å². The Morgan fingerprint density at radius 3 is 2.23 bits per heavy atom. The Bertz CT molecular complexity index is 1060. The maximum Gasteiger partial charge on any atom is 0.573 e. The van der Waals surface area contributed by atoms with E-state index in [-0.39, 0.29) is 11.3 Å². The third kappa shape index (κ3) is 5.84. The van der Waals surface area contributed by atoms with E-state index in [2.05, 4.69) is 15.2 Å². The molecule has 31 heavy (non-hydrogen) atoms. The highest BCUT2D eigenvalue weighted by Crippen LogP contribution is 2.24. The van der Waals surface area contributed by atoms with Crippen molar-refractivity contribution < 1.29 is 32.2 Å². The number of alkyl halides is 3. The first-order chi connectivity index (χ1) is 14.6. The minimum atomic E-state index is -4.80. The van der Waals surface area contributed by atoms with Gasteiger partial charge in [0.2, 0.25) is 0 Å². The van der Waals surface area contributed by atoms with Gasteiger partial charge in [0.05, 0.1) is 11.3 Å². The number of rotatable bonds is 6. The SMILES string of the molecule is Cc1ccnn1-c1ccc(C(=O)OC(C)C(=O)Nc2ccc(OC(F)(F)F)cc2)cc1. The second-order valence-corrected chi connectivity index (χ2v) is 6.54. The second-order valence-electron chi connectivity index (χ2n) is 6.54. The lowest BCUT2D eigenvalue weighted by atomic mass is 10.2. The van der Waals surface area contributed by atoms with Crippen molar-refractivity contribution in [1.82, 2.24) is 9.78 Å². The Labute approximate surface area is 175 Å². The lowest BCUT2D eigenvalue weighted by Crippen LogP contribution is -2.30. The molecule has 0 spiro atoms. The fraction of sp³-hybridized carbons (Fsp3) is 0.190. The first-order valence-electron chi connectivity index (χ1n) is 9.11. The van der Waals surface area contributed by atoms with Crippen molar-refractivity contribution >= 4 is 17.6 Å². The summed E-state index contributed by atoms with van der Waals surface area (Å²) in [5.74, 6) is -1.75. The summed E-state index contributed by atoms with van der Waals surface area (Å²) in [6, 6.07) is 13.0. The highest BCUT2D eigenvalue weighted by atomic mass is 19.4. The standard InChI is InChI=1S/C21H18F3N3O4/c1-13-11-12-25-27(13)17-7-3-15(4-8-17)20(29)30-14(2)19(28)26-16-5-9-18(10-6-16)31-21(22,23)24/h3-12,14H,1-2H3,(H,26,28). The van der Waals surface area contributed by atoms with Crippen molar-refractivity contribution in [3.63, 3.8) is 0 Å². The van der Waals surface area contributed by atoms with Crippen molar-refractivity contribution in [2.75, 3.05) is 5.32 Å². The maximum absolute atomic E-state index is 12.3. The lowest BCUT2D eigenvalue weighted by Gasteiger charge is -2.14. The van der Waals surface area contributed by atoms with Crippen LogP contribution in [-0.2, 0) is 9.53 Å². The fourth-order valence-electron chi connectivity index (χ4n) is 2.64. The number of anilines is 1. The average molecular weight is 433 g/mol. The number of halogens is 3. The van der Waals surface area contributed by atoms with Crippen LogP contribution in [-0.4, -0.2) is 34.1 Å². The third-order valence-corrected chi connectivity index (χ3v) is 4.19. The zero-order chi connectivity index (χ0) is 22.6. The van der Waals surface area contributed by atoms with E-state index < -0.39 is 30.1 Å². The number of hydrogen-bond acceptors (Lipinski definition) is 5. The van der Waals surface area contributed by atoms with Gasteiger partial charge >= 0.3 is 12.3 Å². The fourth-order valence-corrected chi connectivity index (χ4v) is 2.64. The monoisotopic (exact) mass is 433 g/mol. The van der Waals surface area contributed by atoms with Crippen LogP contribution in [0, 0.1) is 6.92 Å². The topological polar surface area (TPSA) is 82.5 Å². The Kier molecular flexibility index (Phi) is 6.28. The zero-order valence-electron chi connectivity index (χ0n) is 16.5. The van der Waals surface area contributed by atoms with E-state index in [0.717, 1.165) is 23.5 Å². The molecule has 0 aliphatic carbocycles. The van der Waals surface area contributed by atoms with Gasteiger partial charge in [-0.25, -0.2) is 9.48 Å². The molecule has 1 aromatic heterocycles. The molecule has 1 amide bonds. The van der Waals surface area contributed by atoms with Gasteiger partial charge < -0.3 is 14.8 Å². The van der Waals surface area contributed by atoms with E-state index in [1.54, 1.807) is 35.1 Å². The third-order valence-electron chi connectivity index (χ3n) is 4.19. The number of aromatic nitrogens is 2. The minimum absolute atomic E-state index is 0.223. The van der Waals surface area contributed by atoms with Crippen molar-refractivity contribution in [2.24, 2.45) is 0 Å². The first-order valence-corrected chi connectivity index (χ1v) is 9.11. The summed E-state index contributed by atoms with van der Waals surface area (Å²) >= 11 is 0. The zero-order valence-corrected chi connectivity index (χ0v) is 16.5. The summed E-state index contributed by atoms with van der Waals surface area (Å²) in [6.45, 7) is 3.28. The van der Waals surface area contributed by atoms with Gasteiger partial charge in [-0.15, -0.1) is 13.2 Å². The van der Waals surface area contributed by atoms with Crippen molar-refractivity contribution in [1.29, 1.82) is 0 Å². The highest BCUT2D eigenvalue weighted by Gasteiger charge is 2.31. The molecular formula is C21H18F3N3O4. The van der Waals surface area contributed by atoms with E-state index in [1.165, 1.54) is 19.1 Å². The number of benzene rings is 2. The number of nitrogens with zero attached hydrogens (tertiary/aromatic N) is 2. The van der Waals surface area contributed by atoms with Gasteiger partial charge in [-0.1, -0.05) is 0 Å². The number of nitrogens with one attached hydrogen (secondary N) is 1. The average Bonchev–Trinajstić information content (AvgIpc) is 3.14. The summed E-state index contributed by atoms with van der Waals surface area (Å²) in [7, 11) is 0. The molecule has 162 valence electrons. The summed E-state index contributed by atoms with van der Waals surface area (Å²) in [6.07, 6.45) is -4.27. The number of ether oxygens (including phenoxy) is 2. The second kappa shape index (κ2) is 8.90. The van der Waals surface area contributed by atoms with E-state index in [1.807, 2.05) is 13.0 Å². The number of carbonyl (C=O) groups excluding carboxylic acids is 2. The molecule has 0 bridgehead atoms. The molecule has 0 aliphatic heterocycles. The quantitative estimate of drug-likeness (QED) is 0.588. The molecule has 10 heteroatoms. The molecule has 1 atom stereocenters. The van der Waals surface area contributed by atoms with Gasteiger partial charge in [0.25, 0.3) is 5.91 Å². The predicted molar refractivity (Wildman–Crippen MR) is 105 cm³/mol. The molecule has 1 N–H and O–H groups in total. The number of esters is 1. The molecule has 0 saturated heterocycles. The molecule has 0 radical (unpaired) electrons. The number of carbonyl (C=O) groups is 2. The van der Waals surface area contributed by atoms with Crippen LogP contribution in [0.25, 0.3) is 5.69 Å².